The van der Waals surface area contributed by atoms with Crippen LogP contribution in [0.2, 0.25) is 0 Å². The summed E-state index contributed by atoms with van der Waals surface area (Å²) >= 11 is 0. The molecule has 1 aliphatic heterocycles. The summed E-state index contributed by atoms with van der Waals surface area (Å²) in [4.78, 5) is 31.9. The molecule has 0 aromatic carbocycles. The van der Waals surface area contributed by atoms with E-state index < -0.39 is 17.9 Å². The van der Waals surface area contributed by atoms with E-state index in [4.69, 9.17) is 5.11 Å². The highest BCUT2D eigenvalue weighted by molar-refractivity contribution is 5.98. The van der Waals surface area contributed by atoms with Crippen LogP contribution in [0.25, 0.3) is 0 Å². The predicted molar refractivity (Wildman–Crippen MR) is 36.9 cm³/mol. The molecular formula is C6H8N2O4. The van der Waals surface area contributed by atoms with Gasteiger partial charge in [0.25, 0.3) is 0 Å². The first-order valence-corrected chi connectivity index (χ1v) is 3.46. The van der Waals surface area contributed by atoms with Crippen molar-refractivity contribution < 1.29 is 19.5 Å². The van der Waals surface area contributed by atoms with Crippen molar-refractivity contribution in [2.24, 2.45) is 0 Å². The monoisotopic (exact) mass is 172 g/mol. The van der Waals surface area contributed by atoms with Crippen LogP contribution in [-0.2, 0) is 9.59 Å². The maximum Gasteiger partial charge on any atom is 0.424 e. The fourth-order valence-electron chi connectivity index (χ4n) is 0.974. The molecule has 66 valence electrons. The first-order valence-electron chi connectivity index (χ1n) is 3.46. The number of carboxylic acid groups (broad SMARTS) is 1. The molecule has 1 fully saturated rings. The molecule has 6 heteroatoms. The number of rotatable bonds is 1. The van der Waals surface area contributed by atoms with E-state index in [1.165, 1.54) is 0 Å². The fourth-order valence-corrected chi connectivity index (χ4v) is 0.974. The molecule has 0 saturated carbocycles. The van der Waals surface area contributed by atoms with E-state index in [-0.39, 0.29) is 12.8 Å². The normalized spacial score (nSPS) is 17.8. The van der Waals surface area contributed by atoms with E-state index in [1.807, 2.05) is 0 Å². The zero-order valence-corrected chi connectivity index (χ0v) is 6.24. The van der Waals surface area contributed by atoms with E-state index >= 15 is 0 Å². The van der Waals surface area contributed by atoms with Gasteiger partial charge in [-0.3, -0.25) is 9.59 Å². The second kappa shape index (κ2) is 3.21. The maximum absolute atomic E-state index is 10.9. The van der Waals surface area contributed by atoms with Crippen molar-refractivity contribution in [1.82, 2.24) is 10.4 Å². The summed E-state index contributed by atoms with van der Waals surface area (Å²) < 4.78 is 0. The van der Waals surface area contributed by atoms with Crippen molar-refractivity contribution in [1.29, 1.82) is 0 Å². The minimum atomic E-state index is -1.40. The zero-order chi connectivity index (χ0) is 9.14. The first-order chi connectivity index (χ1) is 5.61. The van der Waals surface area contributed by atoms with Crippen molar-refractivity contribution in [3.8, 4) is 0 Å². The number of carbonyl (C=O) groups is 3. The molecule has 3 amide bonds. The van der Waals surface area contributed by atoms with Crippen molar-refractivity contribution >= 4 is 17.9 Å². The number of nitrogens with one attached hydrogen (secondary N) is 1. The van der Waals surface area contributed by atoms with Crippen LogP contribution >= 0.6 is 0 Å². The number of imide groups is 1. The molecule has 12 heavy (non-hydrogen) atoms. The van der Waals surface area contributed by atoms with Crippen LogP contribution < -0.4 is 5.43 Å². The summed E-state index contributed by atoms with van der Waals surface area (Å²) in [5, 5.41) is 8.79. The molecule has 0 atom stereocenters. The highest BCUT2D eigenvalue weighted by Crippen LogP contribution is 2.09. The molecule has 0 spiro atoms. The van der Waals surface area contributed by atoms with Crippen LogP contribution in [0.15, 0.2) is 0 Å². The third-order valence-electron chi connectivity index (χ3n) is 1.49. The minimum Gasteiger partial charge on any atom is -0.464 e. The molecule has 6 nitrogen and oxygen atoms in total. The molecule has 0 radical (unpaired) electrons. The third-order valence-corrected chi connectivity index (χ3v) is 1.49. The minimum absolute atomic E-state index is 0.214. The Labute approximate surface area is 68.1 Å². The van der Waals surface area contributed by atoms with Gasteiger partial charge < -0.3 is 5.11 Å². The molecule has 1 heterocycles. The van der Waals surface area contributed by atoms with Gasteiger partial charge in [-0.15, -0.1) is 0 Å². The molecule has 1 rings (SSSR count). The Morgan fingerprint density at radius 2 is 1.83 bits per heavy atom. The second-order valence-electron chi connectivity index (χ2n) is 2.39. The lowest BCUT2D eigenvalue weighted by atomic mass is 10.1. The smallest absolute Gasteiger partial charge is 0.424 e. The molecule has 0 unspecified atom stereocenters. The van der Waals surface area contributed by atoms with E-state index in [0.29, 0.717) is 11.4 Å². The summed E-state index contributed by atoms with van der Waals surface area (Å²) in [6.07, 6.45) is -0.480. The standard InChI is InChI=1S/C6H8N2O4/c9-4-2-1-3-5(10)8(4)7-6(11)12/h7H,1-3H2,(H,11,12). The fraction of sp³-hybridized carbons (Fsp3) is 0.500. The number of amides is 3. The largest absolute Gasteiger partial charge is 0.464 e. The van der Waals surface area contributed by atoms with Crippen molar-refractivity contribution in [3.63, 3.8) is 0 Å². The third kappa shape index (κ3) is 1.71. The average molecular weight is 172 g/mol. The summed E-state index contributed by atoms with van der Waals surface area (Å²) in [6.45, 7) is 0. The van der Waals surface area contributed by atoms with Crippen molar-refractivity contribution in [2.75, 3.05) is 0 Å². The topological polar surface area (TPSA) is 86.7 Å². The zero-order valence-electron chi connectivity index (χ0n) is 6.24. The van der Waals surface area contributed by atoms with Crippen LogP contribution in [0.4, 0.5) is 4.79 Å². The molecule has 0 aliphatic carbocycles. The molecule has 0 aromatic heterocycles. The van der Waals surface area contributed by atoms with Gasteiger partial charge in [0.1, 0.15) is 0 Å². The van der Waals surface area contributed by atoms with E-state index in [2.05, 4.69) is 0 Å². The number of piperidine rings is 1. The van der Waals surface area contributed by atoms with Crippen LogP contribution in [0.5, 0.6) is 0 Å². The Morgan fingerprint density at radius 1 is 1.33 bits per heavy atom. The lowest BCUT2D eigenvalue weighted by Crippen LogP contribution is -2.51. The molecule has 0 aromatic rings. The van der Waals surface area contributed by atoms with Gasteiger partial charge in [-0.2, -0.15) is 5.01 Å². The van der Waals surface area contributed by atoms with E-state index in [9.17, 15) is 14.4 Å². The quantitative estimate of drug-likeness (QED) is 0.532. The Morgan fingerprint density at radius 3 is 2.25 bits per heavy atom. The van der Waals surface area contributed by atoms with Gasteiger partial charge in [-0.05, 0) is 6.42 Å². The van der Waals surface area contributed by atoms with Crippen molar-refractivity contribution in [2.45, 2.75) is 19.3 Å². The van der Waals surface area contributed by atoms with Gasteiger partial charge in [0.05, 0.1) is 0 Å². The Balaban J connectivity index is 2.63. The average Bonchev–Trinajstić information content (AvgIpc) is 1.97. The lowest BCUT2D eigenvalue weighted by molar-refractivity contribution is -0.151. The van der Waals surface area contributed by atoms with Crippen LogP contribution in [0.3, 0.4) is 0 Å². The van der Waals surface area contributed by atoms with Gasteiger partial charge >= 0.3 is 6.09 Å². The second-order valence-corrected chi connectivity index (χ2v) is 2.39. The summed E-state index contributed by atoms with van der Waals surface area (Å²) in [5.74, 6) is -0.984. The van der Waals surface area contributed by atoms with Gasteiger partial charge in [-0.1, -0.05) is 0 Å². The predicted octanol–water partition coefficient (Wildman–Crippen LogP) is -0.292. The van der Waals surface area contributed by atoms with E-state index in [1.54, 1.807) is 5.43 Å². The SMILES string of the molecule is O=C(O)NN1C(=O)CCCC1=O. The van der Waals surface area contributed by atoms with Crippen LogP contribution in [-0.4, -0.2) is 28.0 Å². The summed E-state index contributed by atoms with van der Waals surface area (Å²) in [6, 6.07) is 0. The number of nitrogens with zero attached hydrogens (tertiary/aromatic N) is 1. The number of carbonyl (C=O) groups excluding carboxylic acids is 2. The van der Waals surface area contributed by atoms with Gasteiger partial charge in [0.15, 0.2) is 0 Å². The first kappa shape index (κ1) is 8.51. The Hall–Kier alpha value is -1.59. The van der Waals surface area contributed by atoms with E-state index in [0.717, 1.165) is 0 Å². The molecule has 0 bridgehead atoms. The molecular weight excluding hydrogens is 164 g/mol. The van der Waals surface area contributed by atoms with Crippen molar-refractivity contribution in [3.05, 3.63) is 0 Å². The highest BCUT2D eigenvalue weighted by atomic mass is 16.4. The number of hydrogen-bond acceptors (Lipinski definition) is 3. The van der Waals surface area contributed by atoms with Crippen LogP contribution in [0.1, 0.15) is 19.3 Å². The van der Waals surface area contributed by atoms with Crippen LogP contribution in [0, 0.1) is 0 Å². The summed E-state index contributed by atoms with van der Waals surface area (Å²) in [5.41, 5.74) is 1.73. The molecule has 1 aliphatic rings. The molecule has 2 N–H and O–H groups in total. The molecule has 1 saturated heterocycles. The van der Waals surface area contributed by atoms with Gasteiger partial charge in [-0.25, -0.2) is 10.2 Å². The summed E-state index contributed by atoms with van der Waals surface area (Å²) in [7, 11) is 0. The Kier molecular flexibility index (Phi) is 2.27. The van der Waals surface area contributed by atoms with Gasteiger partial charge in [0.2, 0.25) is 11.8 Å². The lowest BCUT2D eigenvalue weighted by Gasteiger charge is -2.23. The maximum atomic E-state index is 10.9. The van der Waals surface area contributed by atoms with Gasteiger partial charge in [0, 0.05) is 12.8 Å². The number of hydrazine groups is 1. The number of hydrogen-bond donors (Lipinski definition) is 2. The highest BCUT2D eigenvalue weighted by Gasteiger charge is 2.27. The Bertz CT molecular complexity index is 222.